The molecule has 1 aliphatic heterocycles. The maximum Gasteiger partial charge on any atom is 0.263 e. The smallest absolute Gasteiger partial charge is 0.263 e. The van der Waals surface area contributed by atoms with E-state index >= 15 is 0 Å². The third-order valence-electron chi connectivity index (χ3n) is 6.06. The van der Waals surface area contributed by atoms with E-state index in [2.05, 4.69) is 21.3 Å². The van der Waals surface area contributed by atoms with Gasteiger partial charge in [-0.1, -0.05) is 47.5 Å². The molecule has 2 N–H and O–H groups in total. The fourth-order valence-corrected chi connectivity index (χ4v) is 5.64. The summed E-state index contributed by atoms with van der Waals surface area (Å²) in [7, 11) is 0. The van der Waals surface area contributed by atoms with Gasteiger partial charge in [-0.3, -0.25) is 14.2 Å². The number of rotatable bonds is 5. The predicted molar refractivity (Wildman–Crippen MR) is 147 cm³/mol. The molecule has 36 heavy (non-hydrogen) atoms. The van der Waals surface area contributed by atoms with Gasteiger partial charge in [-0.2, -0.15) is 11.8 Å². The van der Waals surface area contributed by atoms with Crippen molar-refractivity contribution >= 4 is 63.1 Å². The first-order chi connectivity index (χ1) is 17.4. The second-order valence-electron chi connectivity index (χ2n) is 8.35. The van der Waals surface area contributed by atoms with Gasteiger partial charge in [-0.05, 0) is 35.9 Å². The van der Waals surface area contributed by atoms with Crippen molar-refractivity contribution in [2.45, 2.75) is 6.54 Å². The Bertz CT molecular complexity index is 1500. The third kappa shape index (κ3) is 4.89. The van der Waals surface area contributed by atoms with E-state index in [0.717, 1.165) is 35.8 Å². The second kappa shape index (κ2) is 10.4. The lowest BCUT2D eigenvalue weighted by molar-refractivity contribution is 0.102. The lowest BCUT2D eigenvalue weighted by atomic mass is 10.1. The van der Waals surface area contributed by atoms with E-state index in [1.54, 1.807) is 29.1 Å². The number of fused-ring (bicyclic) bond motifs is 1. The lowest BCUT2D eigenvalue weighted by Crippen LogP contribution is -2.33. The van der Waals surface area contributed by atoms with Crippen LogP contribution < -0.4 is 15.8 Å². The van der Waals surface area contributed by atoms with Crippen LogP contribution in [0, 0.1) is 0 Å². The fourth-order valence-electron chi connectivity index (χ4n) is 4.25. The number of halogens is 2. The predicted octanol–water partition coefficient (Wildman–Crippen LogP) is 5.26. The van der Waals surface area contributed by atoms with Crippen molar-refractivity contribution in [3.63, 3.8) is 0 Å². The number of nitrogens with zero attached hydrogens (tertiary/aromatic N) is 3. The molecular formula is C26H22Cl2N4O3S. The number of benzene rings is 3. The number of hydrogen-bond donors (Lipinski definition) is 2. The van der Waals surface area contributed by atoms with Crippen LogP contribution in [0.4, 0.5) is 11.4 Å². The number of phenols is 1. The fraction of sp³-hybridized carbons (Fsp3) is 0.192. The summed E-state index contributed by atoms with van der Waals surface area (Å²) in [6.45, 7) is 2.29. The van der Waals surface area contributed by atoms with Gasteiger partial charge < -0.3 is 15.3 Å². The Morgan fingerprint density at radius 3 is 2.53 bits per heavy atom. The highest BCUT2D eigenvalue weighted by Gasteiger charge is 2.18. The van der Waals surface area contributed by atoms with Crippen LogP contribution in [0.5, 0.6) is 5.75 Å². The molecule has 4 aromatic rings. The highest BCUT2D eigenvalue weighted by molar-refractivity contribution is 7.99. The molecule has 0 aliphatic carbocycles. The summed E-state index contributed by atoms with van der Waals surface area (Å²) < 4.78 is 1.56. The Labute approximate surface area is 221 Å². The summed E-state index contributed by atoms with van der Waals surface area (Å²) in [5.41, 5.74) is 2.83. The van der Waals surface area contributed by atoms with Gasteiger partial charge in [0.05, 0.1) is 39.5 Å². The van der Waals surface area contributed by atoms with Crippen molar-refractivity contribution in [2.24, 2.45) is 0 Å². The molecular weight excluding hydrogens is 519 g/mol. The number of amides is 1. The highest BCUT2D eigenvalue weighted by atomic mass is 35.5. The molecule has 3 aromatic carbocycles. The molecule has 0 unspecified atom stereocenters. The van der Waals surface area contributed by atoms with Gasteiger partial charge in [0, 0.05) is 35.8 Å². The highest BCUT2D eigenvalue weighted by Crippen LogP contribution is 2.33. The number of thioether (sulfide) groups is 1. The van der Waals surface area contributed by atoms with Gasteiger partial charge in [0.1, 0.15) is 0 Å². The van der Waals surface area contributed by atoms with Crippen molar-refractivity contribution in [1.82, 2.24) is 9.55 Å². The molecule has 1 fully saturated rings. The molecule has 0 spiro atoms. The van der Waals surface area contributed by atoms with Crippen LogP contribution in [0.1, 0.15) is 15.9 Å². The molecule has 1 amide bonds. The SMILES string of the molecule is O=C(Nc1cccc2ncn(Cc3ccccc3N3CCSCC3)c(=O)c12)c1cc(Cl)c(O)c(Cl)c1. The maximum atomic E-state index is 13.6. The summed E-state index contributed by atoms with van der Waals surface area (Å²) in [5, 5.41) is 12.8. The molecule has 184 valence electrons. The third-order valence-corrected chi connectivity index (χ3v) is 7.58. The molecule has 1 aromatic heterocycles. The van der Waals surface area contributed by atoms with Gasteiger partial charge in [-0.15, -0.1) is 0 Å². The summed E-state index contributed by atoms with van der Waals surface area (Å²) in [5.74, 6) is 1.34. The number of hydrogen-bond acceptors (Lipinski definition) is 6. The minimum Gasteiger partial charge on any atom is -0.505 e. The zero-order chi connectivity index (χ0) is 25.2. The van der Waals surface area contributed by atoms with Gasteiger partial charge in [0.15, 0.2) is 5.75 Å². The van der Waals surface area contributed by atoms with Crippen LogP contribution in [0.15, 0.2) is 65.7 Å². The Kier molecular flexibility index (Phi) is 7.09. The normalized spacial score (nSPS) is 13.7. The number of carbonyl (C=O) groups excluding carboxylic acids is 1. The second-order valence-corrected chi connectivity index (χ2v) is 10.4. The maximum absolute atomic E-state index is 13.6. The van der Waals surface area contributed by atoms with E-state index in [0.29, 0.717) is 23.1 Å². The molecule has 2 heterocycles. The van der Waals surface area contributed by atoms with Gasteiger partial charge in [0.2, 0.25) is 0 Å². The summed E-state index contributed by atoms with van der Waals surface area (Å²) >= 11 is 13.9. The van der Waals surface area contributed by atoms with E-state index in [4.69, 9.17) is 23.2 Å². The molecule has 10 heteroatoms. The number of anilines is 2. The van der Waals surface area contributed by atoms with Gasteiger partial charge in [0.25, 0.3) is 11.5 Å². The van der Waals surface area contributed by atoms with Crippen molar-refractivity contribution in [2.75, 3.05) is 34.8 Å². The lowest BCUT2D eigenvalue weighted by Gasteiger charge is -2.30. The van der Waals surface area contributed by atoms with E-state index < -0.39 is 5.91 Å². The standard InChI is InChI=1S/C26H22Cl2N4O3S/c27-18-12-17(13-19(28)24(18)33)25(34)30-21-6-3-5-20-23(21)26(35)32(15-29-20)14-16-4-1-2-7-22(16)31-8-10-36-11-9-31/h1-7,12-13,15,33H,8-11,14H2,(H,30,34). The molecule has 0 atom stereocenters. The van der Waals surface area contributed by atoms with Crippen molar-refractivity contribution in [1.29, 1.82) is 0 Å². The summed E-state index contributed by atoms with van der Waals surface area (Å²) in [6.07, 6.45) is 1.54. The number of aromatic nitrogens is 2. The largest absolute Gasteiger partial charge is 0.505 e. The molecule has 5 rings (SSSR count). The van der Waals surface area contributed by atoms with Gasteiger partial charge in [-0.25, -0.2) is 4.98 Å². The van der Waals surface area contributed by atoms with Crippen LogP contribution in [0.2, 0.25) is 10.0 Å². The van der Waals surface area contributed by atoms with E-state index in [9.17, 15) is 14.7 Å². The van der Waals surface area contributed by atoms with Crippen LogP contribution in [-0.2, 0) is 6.54 Å². The zero-order valence-corrected chi connectivity index (χ0v) is 21.4. The van der Waals surface area contributed by atoms with Gasteiger partial charge >= 0.3 is 0 Å². The first-order valence-electron chi connectivity index (χ1n) is 11.3. The first kappa shape index (κ1) is 24.5. The number of carbonyl (C=O) groups is 1. The molecule has 0 bridgehead atoms. The summed E-state index contributed by atoms with van der Waals surface area (Å²) in [4.78, 5) is 33.4. The van der Waals surface area contributed by atoms with Crippen LogP contribution in [0.25, 0.3) is 10.9 Å². The Balaban J connectivity index is 1.49. The quantitative estimate of drug-likeness (QED) is 0.359. The topological polar surface area (TPSA) is 87.5 Å². The van der Waals surface area contributed by atoms with Crippen molar-refractivity contribution in [3.8, 4) is 5.75 Å². The Morgan fingerprint density at radius 2 is 1.78 bits per heavy atom. The van der Waals surface area contributed by atoms with Crippen molar-refractivity contribution < 1.29 is 9.90 Å². The zero-order valence-electron chi connectivity index (χ0n) is 19.1. The minimum atomic E-state index is -0.519. The monoisotopic (exact) mass is 540 g/mol. The average molecular weight is 541 g/mol. The molecule has 7 nitrogen and oxygen atoms in total. The average Bonchev–Trinajstić information content (AvgIpc) is 2.89. The molecule has 1 saturated heterocycles. The summed E-state index contributed by atoms with van der Waals surface area (Å²) in [6, 6.07) is 15.8. The molecule has 0 saturated carbocycles. The van der Waals surface area contributed by atoms with Crippen LogP contribution >= 0.6 is 35.0 Å². The number of para-hydroxylation sites is 1. The van der Waals surface area contributed by atoms with E-state index in [1.807, 2.05) is 30.0 Å². The van der Waals surface area contributed by atoms with Crippen LogP contribution in [0.3, 0.4) is 0 Å². The Morgan fingerprint density at radius 1 is 1.06 bits per heavy atom. The first-order valence-corrected chi connectivity index (χ1v) is 13.2. The molecule has 1 aliphatic rings. The van der Waals surface area contributed by atoms with Crippen molar-refractivity contribution in [3.05, 3.63) is 92.5 Å². The Hall–Kier alpha value is -3.20. The molecule has 0 radical (unpaired) electrons. The number of phenolic OH excluding ortho intramolecular Hbond substituents is 1. The van der Waals surface area contributed by atoms with Crippen LogP contribution in [-0.4, -0.2) is 45.2 Å². The van der Waals surface area contributed by atoms with E-state index in [-0.39, 0.29) is 26.9 Å². The van der Waals surface area contributed by atoms with E-state index in [1.165, 1.54) is 12.1 Å². The number of aromatic hydroxyl groups is 1. The number of nitrogens with one attached hydrogen (secondary N) is 1. The minimum absolute atomic E-state index is 0.0412.